The van der Waals surface area contributed by atoms with E-state index in [0.717, 1.165) is 25.7 Å². The van der Waals surface area contributed by atoms with E-state index >= 15 is 0 Å². The molecule has 0 heterocycles. The fourth-order valence-corrected chi connectivity index (χ4v) is 4.85. The molecule has 1 aromatic carbocycles. The van der Waals surface area contributed by atoms with E-state index in [0.29, 0.717) is 12.1 Å². The summed E-state index contributed by atoms with van der Waals surface area (Å²) >= 11 is 12.1. The zero-order valence-electron chi connectivity index (χ0n) is 11.8. The van der Waals surface area contributed by atoms with E-state index in [2.05, 4.69) is 0 Å². The fraction of sp³-hybridized carbons (Fsp3) is 0.571. The van der Waals surface area contributed by atoms with Gasteiger partial charge in [-0.3, -0.25) is 0 Å². The van der Waals surface area contributed by atoms with Gasteiger partial charge in [0, 0.05) is 17.6 Å². The average molecular weight is 352 g/mol. The van der Waals surface area contributed by atoms with Crippen molar-refractivity contribution in [2.45, 2.75) is 50.2 Å². The molecule has 7 heteroatoms. The SMILES string of the molecule is CCCCN(C1CC1)S(=O)(=O)c1cc(Cl)cc(CO)c1Cl. The summed E-state index contributed by atoms with van der Waals surface area (Å²) in [6, 6.07) is 2.91. The predicted molar refractivity (Wildman–Crippen MR) is 84.2 cm³/mol. The van der Waals surface area contributed by atoms with Crippen LogP contribution in [0.1, 0.15) is 38.2 Å². The van der Waals surface area contributed by atoms with Gasteiger partial charge in [-0.15, -0.1) is 0 Å². The zero-order valence-corrected chi connectivity index (χ0v) is 14.2. The summed E-state index contributed by atoms with van der Waals surface area (Å²) in [7, 11) is -3.69. The van der Waals surface area contributed by atoms with Gasteiger partial charge >= 0.3 is 0 Å². The summed E-state index contributed by atoms with van der Waals surface area (Å²) in [5.74, 6) is 0. The van der Waals surface area contributed by atoms with Crippen LogP contribution in [-0.4, -0.2) is 30.4 Å². The van der Waals surface area contributed by atoms with Gasteiger partial charge in [0.2, 0.25) is 10.0 Å². The van der Waals surface area contributed by atoms with Crippen LogP contribution in [0.25, 0.3) is 0 Å². The molecule has 1 aliphatic rings. The standard InChI is InChI=1S/C14H19Cl2NO3S/c1-2-3-6-17(12-4-5-12)21(19,20)13-8-11(15)7-10(9-18)14(13)16/h7-8,12,18H,2-6,9H2,1H3. The first-order valence-electron chi connectivity index (χ1n) is 7.02. The fourth-order valence-electron chi connectivity index (χ4n) is 2.22. The van der Waals surface area contributed by atoms with Crippen molar-refractivity contribution in [3.63, 3.8) is 0 Å². The Balaban J connectivity index is 2.44. The van der Waals surface area contributed by atoms with Gasteiger partial charge in [-0.25, -0.2) is 8.42 Å². The average Bonchev–Trinajstić information content (AvgIpc) is 3.25. The highest BCUT2D eigenvalue weighted by Gasteiger charge is 2.38. The smallest absolute Gasteiger partial charge is 0.244 e. The zero-order chi connectivity index (χ0) is 15.6. The van der Waals surface area contributed by atoms with Crippen LogP contribution >= 0.6 is 23.2 Å². The molecular weight excluding hydrogens is 333 g/mol. The van der Waals surface area contributed by atoms with E-state index < -0.39 is 10.0 Å². The molecule has 0 spiro atoms. The molecule has 0 unspecified atom stereocenters. The lowest BCUT2D eigenvalue weighted by atomic mass is 10.2. The second-order valence-electron chi connectivity index (χ2n) is 5.24. The largest absolute Gasteiger partial charge is 0.392 e. The Hall–Kier alpha value is -0.330. The molecular formula is C14H19Cl2NO3S. The van der Waals surface area contributed by atoms with Crippen LogP contribution in [0.4, 0.5) is 0 Å². The van der Waals surface area contributed by atoms with Crippen molar-refractivity contribution < 1.29 is 13.5 Å². The minimum Gasteiger partial charge on any atom is -0.392 e. The first-order chi connectivity index (χ1) is 9.91. The molecule has 0 amide bonds. The second-order valence-corrected chi connectivity index (χ2v) is 7.91. The van der Waals surface area contributed by atoms with Crippen LogP contribution in [0.15, 0.2) is 17.0 Å². The molecule has 4 nitrogen and oxygen atoms in total. The number of rotatable bonds is 7. The topological polar surface area (TPSA) is 57.6 Å². The molecule has 0 aromatic heterocycles. The third-order valence-electron chi connectivity index (χ3n) is 3.52. The first-order valence-corrected chi connectivity index (χ1v) is 9.22. The predicted octanol–water partition coefficient (Wildman–Crippen LogP) is 3.44. The van der Waals surface area contributed by atoms with E-state index in [-0.39, 0.29) is 27.6 Å². The van der Waals surface area contributed by atoms with Gasteiger partial charge in [0.25, 0.3) is 0 Å². The van der Waals surface area contributed by atoms with Gasteiger partial charge < -0.3 is 5.11 Å². The lowest BCUT2D eigenvalue weighted by Gasteiger charge is -2.23. The van der Waals surface area contributed by atoms with Crippen LogP contribution in [0.2, 0.25) is 10.0 Å². The van der Waals surface area contributed by atoms with Crippen molar-refractivity contribution in [3.8, 4) is 0 Å². The molecule has 118 valence electrons. The van der Waals surface area contributed by atoms with Crippen LogP contribution in [0, 0.1) is 0 Å². The number of unbranched alkanes of at least 4 members (excludes halogenated alkanes) is 1. The van der Waals surface area contributed by atoms with Gasteiger partial charge in [0.05, 0.1) is 11.6 Å². The maximum absolute atomic E-state index is 12.9. The van der Waals surface area contributed by atoms with Gasteiger partial charge in [-0.2, -0.15) is 4.31 Å². The molecule has 1 aliphatic carbocycles. The Morgan fingerprint density at radius 3 is 2.52 bits per heavy atom. The highest BCUT2D eigenvalue weighted by Crippen LogP contribution is 2.36. The number of nitrogens with zero attached hydrogens (tertiary/aromatic N) is 1. The summed E-state index contributed by atoms with van der Waals surface area (Å²) in [5, 5.41) is 9.60. The molecule has 0 bridgehead atoms. The number of aliphatic hydroxyl groups is 1. The molecule has 21 heavy (non-hydrogen) atoms. The van der Waals surface area contributed by atoms with E-state index in [1.165, 1.54) is 16.4 Å². The number of benzene rings is 1. The summed E-state index contributed by atoms with van der Waals surface area (Å²) in [6.07, 6.45) is 3.49. The van der Waals surface area contributed by atoms with Crippen LogP contribution in [-0.2, 0) is 16.6 Å². The molecule has 1 fully saturated rings. The summed E-state index contributed by atoms with van der Waals surface area (Å²) in [4.78, 5) is -0.0104. The maximum atomic E-state index is 12.9. The van der Waals surface area contributed by atoms with Crippen molar-refractivity contribution in [2.24, 2.45) is 0 Å². The number of halogens is 2. The molecule has 2 rings (SSSR count). The normalized spacial score (nSPS) is 15.7. The van der Waals surface area contributed by atoms with Crippen molar-refractivity contribution in [1.29, 1.82) is 0 Å². The number of sulfonamides is 1. The second kappa shape index (κ2) is 6.84. The molecule has 0 aliphatic heterocycles. The Labute approximate surface area is 135 Å². The van der Waals surface area contributed by atoms with Crippen molar-refractivity contribution in [2.75, 3.05) is 6.54 Å². The molecule has 1 saturated carbocycles. The van der Waals surface area contributed by atoms with Crippen LogP contribution in [0.5, 0.6) is 0 Å². The van der Waals surface area contributed by atoms with Crippen LogP contribution in [0.3, 0.4) is 0 Å². The molecule has 0 atom stereocenters. The Bertz CT molecular complexity index is 615. The lowest BCUT2D eigenvalue weighted by molar-refractivity contribution is 0.281. The van der Waals surface area contributed by atoms with Crippen LogP contribution < -0.4 is 0 Å². The van der Waals surface area contributed by atoms with Gasteiger partial charge in [-0.1, -0.05) is 36.5 Å². The highest BCUT2D eigenvalue weighted by molar-refractivity contribution is 7.89. The maximum Gasteiger partial charge on any atom is 0.244 e. The van der Waals surface area contributed by atoms with Crippen molar-refractivity contribution in [3.05, 3.63) is 27.7 Å². The van der Waals surface area contributed by atoms with Crippen molar-refractivity contribution >= 4 is 33.2 Å². The minimum atomic E-state index is -3.69. The Morgan fingerprint density at radius 1 is 1.33 bits per heavy atom. The number of hydrogen-bond donors (Lipinski definition) is 1. The highest BCUT2D eigenvalue weighted by atomic mass is 35.5. The molecule has 0 radical (unpaired) electrons. The van der Waals surface area contributed by atoms with E-state index in [1.54, 1.807) is 0 Å². The van der Waals surface area contributed by atoms with E-state index in [4.69, 9.17) is 23.2 Å². The van der Waals surface area contributed by atoms with E-state index in [1.807, 2.05) is 6.92 Å². The number of aliphatic hydroxyl groups excluding tert-OH is 1. The number of hydrogen-bond acceptors (Lipinski definition) is 3. The van der Waals surface area contributed by atoms with Gasteiger partial charge in [0.15, 0.2) is 0 Å². The summed E-state index contributed by atoms with van der Waals surface area (Å²) in [6.45, 7) is 2.16. The lowest BCUT2D eigenvalue weighted by Crippen LogP contribution is -2.34. The molecule has 0 saturated heterocycles. The third kappa shape index (κ3) is 3.71. The minimum absolute atomic E-state index is 0.0104. The van der Waals surface area contributed by atoms with E-state index in [9.17, 15) is 13.5 Å². The molecule has 1 aromatic rings. The van der Waals surface area contributed by atoms with Crippen molar-refractivity contribution in [1.82, 2.24) is 4.31 Å². The molecule has 1 N–H and O–H groups in total. The monoisotopic (exact) mass is 351 g/mol. The van der Waals surface area contributed by atoms with Gasteiger partial charge in [-0.05, 0) is 37.0 Å². The Kier molecular flexibility index (Phi) is 5.54. The third-order valence-corrected chi connectivity index (χ3v) is 6.28. The first kappa shape index (κ1) is 17.0. The Morgan fingerprint density at radius 2 is 2.00 bits per heavy atom. The quantitative estimate of drug-likeness (QED) is 0.818. The summed E-state index contributed by atoms with van der Waals surface area (Å²) < 4.78 is 27.2. The van der Waals surface area contributed by atoms with Gasteiger partial charge in [0.1, 0.15) is 4.90 Å². The summed E-state index contributed by atoms with van der Waals surface area (Å²) in [5.41, 5.74) is 0.328.